The molecule has 10 nitrogen and oxygen atoms in total. The van der Waals surface area contributed by atoms with Crippen molar-refractivity contribution >= 4 is 11.9 Å². The third-order valence-corrected chi connectivity index (χ3v) is 11.3. The number of rotatable bonds is 53. The molecule has 0 bridgehead atoms. The second kappa shape index (κ2) is 57.5. The molecule has 408 valence electrons. The van der Waals surface area contributed by atoms with Gasteiger partial charge < -0.3 is 38.4 Å². The molecule has 0 spiro atoms. The van der Waals surface area contributed by atoms with E-state index in [4.69, 9.17) is 28.4 Å². The number of ether oxygens (including phenoxy) is 6. The van der Waals surface area contributed by atoms with Crippen molar-refractivity contribution in [3.05, 3.63) is 97.2 Å². The van der Waals surface area contributed by atoms with Crippen LogP contribution in [0.1, 0.15) is 201 Å². The lowest BCUT2D eigenvalue weighted by Crippen LogP contribution is -2.27. The summed E-state index contributed by atoms with van der Waals surface area (Å²) in [5.74, 6) is -0.403. The molecule has 0 aliphatic carbocycles. The Hall–Kier alpha value is -3.38. The molecule has 0 fully saturated rings. The minimum atomic E-state index is -0.433. The molecule has 0 rings (SSSR count). The van der Waals surface area contributed by atoms with Gasteiger partial charge in [0.15, 0.2) is 12.6 Å². The van der Waals surface area contributed by atoms with Crippen molar-refractivity contribution in [2.45, 2.75) is 214 Å². The van der Waals surface area contributed by atoms with Crippen molar-refractivity contribution in [3.8, 4) is 0 Å². The van der Waals surface area contributed by atoms with E-state index in [9.17, 15) is 14.7 Å². The van der Waals surface area contributed by atoms with Crippen molar-refractivity contribution in [1.29, 1.82) is 0 Å². The quantitative estimate of drug-likeness (QED) is 0.0274. The zero-order valence-corrected chi connectivity index (χ0v) is 45.7. The Morgan fingerprint density at radius 3 is 1.06 bits per heavy atom. The number of aliphatic hydroxyl groups is 1. The molecule has 2 atom stereocenters. The number of esters is 2. The third-order valence-electron chi connectivity index (χ3n) is 11.3. The smallest absolute Gasteiger partial charge is 0.305 e. The van der Waals surface area contributed by atoms with Gasteiger partial charge in [0.05, 0.1) is 52.5 Å². The molecular formula is C61H105NO9. The third kappa shape index (κ3) is 52.8. The minimum absolute atomic E-state index is 0.201. The van der Waals surface area contributed by atoms with Crippen LogP contribution in [0.3, 0.4) is 0 Å². The summed E-state index contributed by atoms with van der Waals surface area (Å²) in [6, 6.07) is 0. The Bertz CT molecular complexity index is 1370. The number of carbonyl (C=O) groups excluding carboxylic acids is 2. The average Bonchev–Trinajstić information content (AvgIpc) is 3.37. The van der Waals surface area contributed by atoms with Gasteiger partial charge in [0, 0.05) is 19.4 Å². The number of unbranched alkanes of at least 4 members (excludes halogenated alkanes) is 8. The van der Waals surface area contributed by atoms with Gasteiger partial charge in [0.2, 0.25) is 0 Å². The summed E-state index contributed by atoms with van der Waals surface area (Å²) in [5.41, 5.74) is 0. The molecular weight excluding hydrogens is 891 g/mol. The number of carbonyl (C=O) groups is 2. The molecule has 0 aliphatic heterocycles. The van der Waals surface area contributed by atoms with Crippen molar-refractivity contribution in [3.63, 3.8) is 0 Å². The van der Waals surface area contributed by atoms with E-state index in [2.05, 4.69) is 130 Å². The van der Waals surface area contributed by atoms with E-state index in [0.717, 1.165) is 161 Å². The maximum atomic E-state index is 12.6. The first-order chi connectivity index (χ1) is 35.0. The van der Waals surface area contributed by atoms with Crippen LogP contribution in [0.5, 0.6) is 0 Å². The highest BCUT2D eigenvalue weighted by Crippen LogP contribution is 2.12. The van der Waals surface area contributed by atoms with Gasteiger partial charge in [-0.15, -0.1) is 0 Å². The van der Waals surface area contributed by atoms with Gasteiger partial charge in [-0.25, -0.2) is 0 Å². The maximum absolute atomic E-state index is 12.6. The Kier molecular flexibility index (Phi) is 54.8. The van der Waals surface area contributed by atoms with Gasteiger partial charge in [-0.3, -0.25) is 9.59 Å². The zero-order chi connectivity index (χ0) is 51.6. The summed E-state index contributed by atoms with van der Waals surface area (Å²) in [6.45, 7) is 14.9. The van der Waals surface area contributed by atoms with Crippen molar-refractivity contribution in [2.24, 2.45) is 0 Å². The fourth-order valence-electron chi connectivity index (χ4n) is 7.19. The molecule has 71 heavy (non-hydrogen) atoms. The van der Waals surface area contributed by atoms with Crippen LogP contribution in [-0.2, 0) is 38.0 Å². The van der Waals surface area contributed by atoms with Crippen LogP contribution in [-0.4, -0.2) is 100 Å². The number of hydrogen-bond acceptors (Lipinski definition) is 10. The summed E-state index contributed by atoms with van der Waals surface area (Å²) in [5, 5.41) is 9.37. The highest BCUT2D eigenvalue weighted by atomic mass is 16.7. The summed E-state index contributed by atoms with van der Waals surface area (Å²) in [6.07, 6.45) is 57.5. The highest BCUT2D eigenvalue weighted by molar-refractivity contribution is 5.69. The lowest BCUT2D eigenvalue weighted by molar-refractivity contribution is -0.158. The van der Waals surface area contributed by atoms with Crippen molar-refractivity contribution in [2.75, 3.05) is 65.9 Å². The highest BCUT2D eigenvalue weighted by Gasteiger charge is 2.15. The molecule has 0 amide bonds. The summed E-state index contributed by atoms with van der Waals surface area (Å²) < 4.78 is 35.3. The number of allylic oxidation sites excluding steroid dienone is 12. The average molecular weight is 997 g/mol. The Labute approximate surface area is 435 Å². The first kappa shape index (κ1) is 67.6. The summed E-state index contributed by atoms with van der Waals surface area (Å²) in [4.78, 5) is 27.8. The minimum Gasteiger partial charge on any atom is -0.466 e. The molecule has 10 heteroatoms. The van der Waals surface area contributed by atoms with Gasteiger partial charge in [-0.1, -0.05) is 157 Å². The van der Waals surface area contributed by atoms with Crippen LogP contribution in [0, 0.1) is 0 Å². The normalized spacial score (nSPS) is 13.4. The van der Waals surface area contributed by atoms with E-state index in [1.807, 2.05) is 0 Å². The standard InChI is InChI=1S/C61H105NO9/c1-5-9-13-17-21-25-31-43-57-71-61(70-56-42-30-24-20-16-12-8-4)47-45-59(65)67-53-39-33-27-35-49-62(50-36-37-51-63)48-34-26-32-38-52-66-58(64)44-46-60(68-54-40-28-22-18-14-10-6-2)69-55-41-29-23-19-15-11-7-3/h10-17,22-25,28-31,60-61,63H,5-9,18-21,26-27,32-57H2,1-4H3/b14-10?,15-11?,16-12?,17-13?,28-22+,29-23?,30-24?,31-25?. The van der Waals surface area contributed by atoms with Crippen LogP contribution in [0.25, 0.3) is 0 Å². The Balaban J connectivity index is 4.52. The number of hydrogen-bond donors (Lipinski definition) is 1. The predicted octanol–water partition coefficient (Wildman–Crippen LogP) is 15.1. The molecule has 2 unspecified atom stereocenters. The van der Waals surface area contributed by atoms with Crippen LogP contribution in [0.15, 0.2) is 97.2 Å². The van der Waals surface area contributed by atoms with Gasteiger partial charge in [-0.05, 0) is 135 Å². The van der Waals surface area contributed by atoms with Gasteiger partial charge in [-0.2, -0.15) is 0 Å². The van der Waals surface area contributed by atoms with Crippen LogP contribution >= 0.6 is 0 Å². The second-order valence-corrected chi connectivity index (χ2v) is 17.8. The lowest BCUT2D eigenvalue weighted by Gasteiger charge is -2.22. The van der Waals surface area contributed by atoms with Crippen molar-refractivity contribution < 1.29 is 43.1 Å². The molecule has 0 aromatic rings. The van der Waals surface area contributed by atoms with E-state index < -0.39 is 12.6 Å². The maximum Gasteiger partial charge on any atom is 0.305 e. The topological polar surface area (TPSA) is 113 Å². The molecule has 0 saturated carbocycles. The predicted molar refractivity (Wildman–Crippen MR) is 297 cm³/mol. The number of aliphatic hydroxyl groups excluding tert-OH is 1. The molecule has 0 heterocycles. The van der Waals surface area contributed by atoms with Gasteiger partial charge in [0.25, 0.3) is 0 Å². The van der Waals surface area contributed by atoms with Gasteiger partial charge >= 0.3 is 11.9 Å². The molecule has 0 saturated heterocycles. The lowest BCUT2D eigenvalue weighted by atomic mass is 10.1. The van der Waals surface area contributed by atoms with Gasteiger partial charge in [0.1, 0.15) is 0 Å². The molecule has 0 aliphatic rings. The first-order valence-electron chi connectivity index (χ1n) is 28.3. The molecule has 0 aromatic heterocycles. The SMILES string of the molecule is CCC=CCC=CCCOC(CCC(=O)OCCCCCCN(CCCCO)CCCCCCOC(=O)CCC(OCCC=CCC=CCC)OCC/C=C/CC=CCC)OCCC=CCC=CCCC. The van der Waals surface area contributed by atoms with E-state index in [1.54, 1.807) is 0 Å². The largest absolute Gasteiger partial charge is 0.466 e. The molecule has 0 aromatic carbocycles. The van der Waals surface area contributed by atoms with E-state index in [0.29, 0.717) is 52.5 Å². The first-order valence-corrected chi connectivity index (χ1v) is 28.3. The zero-order valence-electron chi connectivity index (χ0n) is 45.7. The summed E-state index contributed by atoms with van der Waals surface area (Å²) >= 11 is 0. The fraction of sp³-hybridized carbons (Fsp3) is 0.705. The van der Waals surface area contributed by atoms with E-state index in [-0.39, 0.29) is 31.4 Å². The fourth-order valence-corrected chi connectivity index (χ4v) is 7.19. The second-order valence-electron chi connectivity index (χ2n) is 17.8. The summed E-state index contributed by atoms with van der Waals surface area (Å²) in [7, 11) is 0. The Morgan fingerprint density at radius 1 is 0.394 bits per heavy atom. The monoisotopic (exact) mass is 996 g/mol. The van der Waals surface area contributed by atoms with Crippen LogP contribution < -0.4 is 0 Å². The molecule has 1 N–H and O–H groups in total. The molecule has 0 radical (unpaired) electrons. The van der Waals surface area contributed by atoms with Crippen LogP contribution in [0.2, 0.25) is 0 Å². The van der Waals surface area contributed by atoms with E-state index >= 15 is 0 Å². The van der Waals surface area contributed by atoms with Crippen molar-refractivity contribution in [1.82, 2.24) is 4.90 Å². The van der Waals surface area contributed by atoms with Crippen LogP contribution in [0.4, 0.5) is 0 Å². The number of nitrogens with zero attached hydrogens (tertiary/aromatic N) is 1. The van der Waals surface area contributed by atoms with E-state index in [1.165, 1.54) is 6.42 Å². The Morgan fingerprint density at radius 2 is 0.718 bits per heavy atom.